The lowest BCUT2D eigenvalue weighted by atomic mass is 9.95. The molecule has 1 aliphatic heterocycles. The highest BCUT2D eigenvalue weighted by Crippen LogP contribution is 2.23. The summed E-state index contributed by atoms with van der Waals surface area (Å²) >= 11 is 0. The van der Waals surface area contributed by atoms with E-state index in [4.69, 9.17) is 15.2 Å². The maximum atomic E-state index is 13.4. The molecule has 1 saturated heterocycles. The number of aliphatic hydroxyl groups excluding tert-OH is 1. The van der Waals surface area contributed by atoms with E-state index in [1.54, 1.807) is 0 Å². The number of benzene rings is 1. The van der Waals surface area contributed by atoms with Crippen LogP contribution in [0.3, 0.4) is 0 Å². The van der Waals surface area contributed by atoms with Gasteiger partial charge >= 0.3 is 6.09 Å². The van der Waals surface area contributed by atoms with Crippen LogP contribution < -0.4 is 5.73 Å². The molecule has 1 aromatic carbocycles. The summed E-state index contributed by atoms with van der Waals surface area (Å²) < 4.78 is 38.4. The van der Waals surface area contributed by atoms with Crippen LogP contribution in [0.2, 0.25) is 0 Å². The minimum absolute atomic E-state index is 0.00593. The third-order valence-electron chi connectivity index (χ3n) is 5.85. The van der Waals surface area contributed by atoms with Crippen molar-refractivity contribution in [3.8, 4) is 0 Å². The number of nitrogens with two attached hydrogens (primary N) is 1. The quantitative estimate of drug-likeness (QED) is 0.616. The fraction of sp³-hybridized carbons (Fsp3) is 0.667. The number of rotatable bonds is 7. The first-order chi connectivity index (χ1) is 14.3. The van der Waals surface area contributed by atoms with Crippen molar-refractivity contribution in [2.24, 2.45) is 5.73 Å². The van der Waals surface area contributed by atoms with Gasteiger partial charge in [-0.15, -0.1) is 0 Å². The Balaban J connectivity index is 1.56. The number of nitrogens with zero attached hydrogens (tertiary/aromatic N) is 1. The van der Waals surface area contributed by atoms with Crippen molar-refractivity contribution in [1.82, 2.24) is 4.90 Å². The second-order valence-corrected chi connectivity index (χ2v) is 8.19. The van der Waals surface area contributed by atoms with E-state index < -0.39 is 42.0 Å². The maximum Gasteiger partial charge on any atom is 0.407 e. The predicted octanol–water partition coefficient (Wildman–Crippen LogP) is 2.29. The largest absolute Gasteiger partial charge is 0.465 e. The van der Waals surface area contributed by atoms with Gasteiger partial charge in [0.15, 0.2) is 0 Å². The topological polar surface area (TPSA) is 105 Å². The number of hydrogen-bond donors (Lipinski definition) is 3. The van der Waals surface area contributed by atoms with Gasteiger partial charge in [0.2, 0.25) is 0 Å². The molecule has 1 heterocycles. The molecular weight excluding hydrogens is 398 g/mol. The number of carbonyl (C=O) groups is 1. The monoisotopic (exact) mass is 428 g/mol. The zero-order valence-corrected chi connectivity index (χ0v) is 16.9. The van der Waals surface area contributed by atoms with E-state index >= 15 is 0 Å². The molecule has 7 nitrogen and oxygen atoms in total. The number of ether oxygens (including phenoxy) is 2. The van der Waals surface area contributed by atoms with Crippen molar-refractivity contribution >= 4 is 6.09 Å². The van der Waals surface area contributed by atoms with Gasteiger partial charge in [0, 0.05) is 12.1 Å². The van der Waals surface area contributed by atoms with Gasteiger partial charge in [0.1, 0.15) is 11.6 Å². The van der Waals surface area contributed by atoms with Gasteiger partial charge in [-0.1, -0.05) is 19.3 Å². The first-order valence-corrected chi connectivity index (χ1v) is 10.4. The van der Waals surface area contributed by atoms with Crippen molar-refractivity contribution in [1.29, 1.82) is 0 Å². The second-order valence-electron chi connectivity index (χ2n) is 8.19. The Morgan fingerprint density at radius 1 is 1.23 bits per heavy atom. The van der Waals surface area contributed by atoms with Crippen LogP contribution in [0.4, 0.5) is 13.6 Å². The molecule has 0 spiro atoms. The van der Waals surface area contributed by atoms with E-state index in [2.05, 4.69) is 0 Å². The van der Waals surface area contributed by atoms with Crippen molar-refractivity contribution in [2.45, 2.75) is 68.9 Å². The summed E-state index contributed by atoms with van der Waals surface area (Å²) in [6.07, 6.45) is 2.82. The van der Waals surface area contributed by atoms with E-state index in [1.807, 2.05) is 0 Å². The number of carboxylic acid groups (broad SMARTS) is 1. The average Bonchev–Trinajstić information content (AvgIpc) is 2.71. The Labute approximate surface area is 174 Å². The highest BCUT2D eigenvalue weighted by molar-refractivity contribution is 5.65. The number of hydrogen-bond acceptors (Lipinski definition) is 5. The molecule has 4 atom stereocenters. The molecule has 0 aromatic heterocycles. The van der Waals surface area contributed by atoms with Gasteiger partial charge in [-0.3, -0.25) is 4.90 Å². The average molecular weight is 428 g/mol. The molecule has 1 saturated carbocycles. The molecule has 1 aliphatic carbocycles. The summed E-state index contributed by atoms with van der Waals surface area (Å²) in [6.45, 7) is 0.328. The first-order valence-electron chi connectivity index (χ1n) is 10.4. The van der Waals surface area contributed by atoms with Crippen LogP contribution in [-0.2, 0) is 15.9 Å². The summed E-state index contributed by atoms with van der Waals surface area (Å²) in [5, 5.41) is 20.3. The van der Waals surface area contributed by atoms with Crippen LogP contribution in [0.25, 0.3) is 0 Å². The SMILES string of the molecule is N[C@@H](Cc1cc(F)cc(F)c1)[C@H](O)[C@H]1CO[C@@H](COC2CCCCC2)CN1C(=O)O. The minimum Gasteiger partial charge on any atom is -0.465 e. The van der Waals surface area contributed by atoms with E-state index in [0.717, 1.165) is 48.8 Å². The van der Waals surface area contributed by atoms with Crippen molar-refractivity contribution in [3.63, 3.8) is 0 Å². The van der Waals surface area contributed by atoms with E-state index in [0.29, 0.717) is 6.61 Å². The Hall–Kier alpha value is -1.81. The fourth-order valence-electron chi connectivity index (χ4n) is 4.22. The first kappa shape index (κ1) is 22.9. The second kappa shape index (κ2) is 10.5. The van der Waals surface area contributed by atoms with Gasteiger partial charge in [0.05, 0.1) is 44.1 Å². The Morgan fingerprint density at radius 2 is 1.90 bits per heavy atom. The summed E-state index contributed by atoms with van der Waals surface area (Å²) in [4.78, 5) is 12.9. The zero-order chi connectivity index (χ0) is 21.7. The third kappa shape index (κ3) is 6.10. The molecule has 1 amide bonds. The van der Waals surface area contributed by atoms with E-state index in [1.165, 1.54) is 6.42 Å². The highest BCUT2D eigenvalue weighted by Gasteiger charge is 2.39. The summed E-state index contributed by atoms with van der Waals surface area (Å²) in [5.41, 5.74) is 6.33. The predicted molar refractivity (Wildman–Crippen MR) is 105 cm³/mol. The molecule has 0 unspecified atom stereocenters. The normalized spacial score (nSPS) is 25.1. The van der Waals surface area contributed by atoms with Crippen LogP contribution in [0.5, 0.6) is 0 Å². The van der Waals surface area contributed by atoms with Gasteiger partial charge in [0.25, 0.3) is 0 Å². The third-order valence-corrected chi connectivity index (χ3v) is 5.85. The van der Waals surface area contributed by atoms with Crippen LogP contribution >= 0.6 is 0 Å². The standard InChI is InChI=1S/C21H30F2N2O5/c22-14-6-13(7-15(23)9-14)8-18(24)20(26)19-12-30-17(10-25(19)21(27)28)11-29-16-4-2-1-3-5-16/h6-7,9,16-20,26H,1-5,8,10-12,24H2,(H,27,28)/t17-,18+,19-,20+/m1/s1. The Bertz CT molecular complexity index is 696. The number of aliphatic hydroxyl groups is 1. The molecule has 30 heavy (non-hydrogen) atoms. The van der Waals surface area contributed by atoms with Crippen LogP contribution in [0, 0.1) is 11.6 Å². The molecule has 3 rings (SSSR count). The molecule has 0 radical (unpaired) electrons. The number of morpholine rings is 1. The molecule has 168 valence electrons. The summed E-state index contributed by atoms with van der Waals surface area (Å²) in [5.74, 6) is -1.47. The lowest BCUT2D eigenvalue weighted by Gasteiger charge is -2.41. The van der Waals surface area contributed by atoms with Gasteiger partial charge in [-0.25, -0.2) is 13.6 Å². The maximum absolute atomic E-state index is 13.4. The zero-order valence-electron chi connectivity index (χ0n) is 16.9. The number of halogens is 2. The lowest BCUT2D eigenvalue weighted by Crippen LogP contribution is -2.61. The van der Waals surface area contributed by atoms with Crippen molar-refractivity contribution in [3.05, 3.63) is 35.4 Å². The molecule has 4 N–H and O–H groups in total. The highest BCUT2D eigenvalue weighted by atomic mass is 19.1. The Morgan fingerprint density at radius 3 is 2.53 bits per heavy atom. The molecule has 2 fully saturated rings. The van der Waals surface area contributed by atoms with Crippen molar-refractivity contribution in [2.75, 3.05) is 19.8 Å². The van der Waals surface area contributed by atoms with Gasteiger partial charge in [-0.2, -0.15) is 0 Å². The lowest BCUT2D eigenvalue weighted by molar-refractivity contribution is -0.123. The fourth-order valence-corrected chi connectivity index (χ4v) is 4.22. The molecule has 2 aliphatic rings. The summed E-state index contributed by atoms with van der Waals surface area (Å²) in [6, 6.07) is 1.24. The number of amides is 1. The summed E-state index contributed by atoms with van der Waals surface area (Å²) in [7, 11) is 0. The molecule has 1 aromatic rings. The minimum atomic E-state index is -1.26. The van der Waals surface area contributed by atoms with Gasteiger partial charge in [-0.05, 0) is 37.0 Å². The van der Waals surface area contributed by atoms with E-state index in [-0.39, 0.29) is 31.2 Å². The van der Waals surface area contributed by atoms with Crippen molar-refractivity contribution < 1.29 is 33.3 Å². The molecular formula is C21H30F2N2O5. The van der Waals surface area contributed by atoms with E-state index in [9.17, 15) is 23.8 Å². The Kier molecular flexibility index (Phi) is 7.99. The van der Waals surface area contributed by atoms with Gasteiger partial charge < -0.3 is 25.4 Å². The van der Waals surface area contributed by atoms with Crippen LogP contribution in [0.15, 0.2) is 18.2 Å². The smallest absolute Gasteiger partial charge is 0.407 e. The van der Waals surface area contributed by atoms with Crippen LogP contribution in [0.1, 0.15) is 37.7 Å². The molecule has 9 heteroatoms. The van der Waals surface area contributed by atoms with Crippen LogP contribution in [-0.4, -0.2) is 71.4 Å². The molecule has 0 bridgehead atoms.